The van der Waals surface area contributed by atoms with Gasteiger partial charge >= 0.3 is 5.69 Å². The maximum atomic E-state index is 13.3. The lowest BCUT2D eigenvalue weighted by atomic mass is 9.86. The number of nitrogens with two attached hydrogens (primary N) is 1. The van der Waals surface area contributed by atoms with Crippen molar-refractivity contribution in [3.63, 3.8) is 0 Å². The van der Waals surface area contributed by atoms with Crippen molar-refractivity contribution in [2.75, 3.05) is 12.4 Å². The number of hydrogen-bond donors (Lipinski definition) is 3. The van der Waals surface area contributed by atoms with Crippen LogP contribution < -0.4 is 11.4 Å². The number of nitrogen functional groups attached to an aromatic ring is 1. The summed E-state index contributed by atoms with van der Waals surface area (Å²) in [7, 11) is 0. The Balaban J connectivity index is 2.50. The van der Waals surface area contributed by atoms with E-state index in [1.807, 2.05) is 0 Å². The monoisotopic (exact) mass is 287 g/mol. The largest absolute Gasteiger partial charge is 0.387 e. The highest BCUT2D eigenvalue weighted by molar-refractivity contribution is 5.24. The van der Waals surface area contributed by atoms with Gasteiger partial charge in [0.1, 0.15) is 29.8 Å². The number of aromatic nitrogens is 2. The molecule has 2 heterocycles. The number of halogens is 1. The number of aliphatic hydroxyl groups is 2. The zero-order chi connectivity index (χ0) is 15.1. The van der Waals surface area contributed by atoms with Gasteiger partial charge in [-0.15, -0.1) is 0 Å². The first kappa shape index (κ1) is 14.9. The van der Waals surface area contributed by atoms with Crippen molar-refractivity contribution < 1.29 is 19.3 Å². The highest BCUT2D eigenvalue weighted by Gasteiger charge is 2.61. The molecule has 0 bridgehead atoms. The smallest absolute Gasteiger partial charge is 0.351 e. The van der Waals surface area contributed by atoms with Crippen LogP contribution in [-0.2, 0) is 4.74 Å². The molecular weight excluding hydrogens is 269 g/mol. The van der Waals surface area contributed by atoms with Crippen molar-refractivity contribution in [1.29, 1.82) is 0 Å². The SMILES string of the molecule is CC[C@@]1(CF)O[C@@H](n2ccc(N)nc2=O)[C@](C)(O)[C@@H]1O. The summed E-state index contributed by atoms with van der Waals surface area (Å²) in [5, 5.41) is 20.6. The summed E-state index contributed by atoms with van der Waals surface area (Å²) in [6.07, 6.45) is -1.28. The fourth-order valence-corrected chi connectivity index (χ4v) is 2.49. The van der Waals surface area contributed by atoms with Gasteiger partial charge in [-0.05, 0) is 19.4 Å². The number of ether oxygens (including phenoxy) is 1. The first-order valence-electron chi connectivity index (χ1n) is 6.27. The van der Waals surface area contributed by atoms with Crippen LogP contribution in [0.25, 0.3) is 0 Å². The number of nitrogens with zero attached hydrogens (tertiary/aromatic N) is 2. The normalized spacial score (nSPS) is 37.2. The van der Waals surface area contributed by atoms with E-state index in [9.17, 15) is 19.4 Å². The second-order valence-corrected chi connectivity index (χ2v) is 5.19. The van der Waals surface area contributed by atoms with Crippen molar-refractivity contribution in [3.8, 4) is 0 Å². The van der Waals surface area contributed by atoms with Crippen LogP contribution in [0.5, 0.6) is 0 Å². The predicted molar refractivity (Wildman–Crippen MR) is 68.7 cm³/mol. The number of rotatable bonds is 3. The molecule has 0 spiro atoms. The molecule has 1 fully saturated rings. The van der Waals surface area contributed by atoms with Gasteiger partial charge in [0.05, 0.1) is 0 Å². The average molecular weight is 287 g/mol. The summed E-state index contributed by atoms with van der Waals surface area (Å²) in [6.45, 7) is 1.94. The molecular formula is C12H18FN3O4. The van der Waals surface area contributed by atoms with Crippen LogP contribution in [0, 0.1) is 0 Å². The Kier molecular flexibility index (Phi) is 3.57. The molecule has 2 rings (SSSR count). The van der Waals surface area contributed by atoms with Crippen LogP contribution >= 0.6 is 0 Å². The van der Waals surface area contributed by atoms with Crippen LogP contribution in [0.2, 0.25) is 0 Å². The summed E-state index contributed by atoms with van der Waals surface area (Å²) in [6, 6.07) is 1.36. The Morgan fingerprint density at radius 1 is 1.65 bits per heavy atom. The zero-order valence-electron chi connectivity index (χ0n) is 11.3. The molecule has 0 aliphatic carbocycles. The van der Waals surface area contributed by atoms with E-state index in [0.29, 0.717) is 0 Å². The zero-order valence-corrected chi connectivity index (χ0v) is 11.3. The molecule has 1 saturated heterocycles. The third-order valence-electron chi connectivity index (χ3n) is 3.83. The van der Waals surface area contributed by atoms with Crippen LogP contribution in [0.3, 0.4) is 0 Å². The molecule has 0 unspecified atom stereocenters. The van der Waals surface area contributed by atoms with E-state index in [2.05, 4.69) is 4.98 Å². The fourth-order valence-electron chi connectivity index (χ4n) is 2.49. The molecule has 1 aromatic heterocycles. The lowest BCUT2D eigenvalue weighted by Gasteiger charge is -2.29. The lowest BCUT2D eigenvalue weighted by Crippen LogP contribution is -2.50. The van der Waals surface area contributed by atoms with Crippen LogP contribution in [-0.4, -0.2) is 43.7 Å². The molecule has 0 aromatic carbocycles. The Labute approximate surface area is 114 Å². The van der Waals surface area contributed by atoms with Crippen LogP contribution in [0.4, 0.5) is 10.2 Å². The minimum atomic E-state index is -1.83. The Morgan fingerprint density at radius 3 is 2.75 bits per heavy atom. The molecule has 4 N–H and O–H groups in total. The van der Waals surface area contributed by atoms with Gasteiger partial charge in [-0.2, -0.15) is 4.98 Å². The van der Waals surface area contributed by atoms with Gasteiger partial charge in [-0.25, -0.2) is 9.18 Å². The number of aliphatic hydroxyl groups excluding tert-OH is 1. The molecule has 0 radical (unpaired) electrons. The molecule has 20 heavy (non-hydrogen) atoms. The van der Waals surface area contributed by atoms with E-state index in [1.165, 1.54) is 19.2 Å². The summed E-state index contributed by atoms with van der Waals surface area (Å²) >= 11 is 0. The predicted octanol–water partition coefficient (Wildman–Crippen LogP) is -0.416. The van der Waals surface area contributed by atoms with Gasteiger partial charge < -0.3 is 20.7 Å². The molecule has 1 aromatic rings. The second kappa shape index (κ2) is 4.80. The van der Waals surface area contributed by atoms with E-state index < -0.39 is 35.9 Å². The van der Waals surface area contributed by atoms with Crippen molar-refractivity contribution in [2.24, 2.45) is 0 Å². The summed E-state index contributed by atoms with van der Waals surface area (Å²) in [4.78, 5) is 15.3. The van der Waals surface area contributed by atoms with Crippen molar-refractivity contribution in [3.05, 3.63) is 22.7 Å². The molecule has 7 nitrogen and oxygen atoms in total. The Hall–Kier alpha value is -1.51. The Morgan fingerprint density at radius 2 is 2.30 bits per heavy atom. The van der Waals surface area contributed by atoms with Crippen LogP contribution in [0.1, 0.15) is 26.5 Å². The van der Waals surface area contributed by atoms with E-state index in [4.69, 9.17) is 10.5 Å². The van der Waals surface area contributed by atoms with E-state index in [0.717, 1.165) is 4.57 Å². The summed E-state index contributed by atoms with van der Waals surface area (Å²) < 4.78 is 19.8. The standard InChI is InChI=1S/C12H18FN3O4/c1-3-12(6-13)8(17)11(2,19)9(20-12)16-5-4-7(14)15-10(16)18/h4-5,8-9,17,19H,3,6H2,1-2H3,(H2,14,15,18)/t8-,9+,11+,12-/m0/s1. The molecule has 4 atom stereocenters. The molecule has 112 valence electrons. The van der Waals surface area contributed by atoms with Gasteiger partial charge in [0.25, 0.3) is 0 Å². The van der Waals surface area contributed by atoms with Gasteiger partial charge in [0.15, 0.2) is 6.23 Å². The van der Waals surface area contributed by atoms with E-state index in [-0.39, 0.29) is 12.2 Å². The van der Waals surface area contributed by atoms with Gasteiger partial charge in [-0.1, -0.05) is 6.92 Å². The lowest BCUT2D eigenvalue weighted by molar-refractivity contribution is -0.122. The maximum absolute atomic E-state index is 13.3. The highest BCUT2D eigenvalue weighted by atomic mass is 19.1. The third-order valence-corrected chi connectivity index (χ3v) is 3.83. The minimum Gasteiger partial charge on any atom is -0.387 e. The molecule has 0 amide bonds. The number of anilines is 1. The maximum Gasteiger partial charge on any atom is 0.351 e. The fraction of sp³-hybridized carbons (Fsp3) is 0.667. The second-order valence-electron chi connectivity index (χ2n) is 5.19. The summed E-state index contributed by atoms with van der Waals surface area (Å²) in [5.41, 5.74) is 1.27. The first-order chi connectivity index (χ1) is 9.28. The first-order valence-corrected chi connectivity index (χ1v) is 6.27. The minimum absolute atomic E-state index is 0.0247. The van der Waals surface area contributed by atoms with E-state index in [1.54, 1.807) is 6.92 Å². The van der Waals surface area contributed by atoms with Crippen molar-refractivity contribution in [2.45, 2.75) is 43.8 Å². The van der Waals surface area contributed by atoms with Crippen LogP contribution in [0.15, 0.2) is 17.1 Å². The number of hydrogen-bond acceptors (Lipinski definition) is 6. The van der Waals surface area contributed by atoms with E-state index >= 15 is 0 Å². The topological polar surface area (TPSA) is 111 Å². The quantitative estimate of drug-likeness (QED) is 0.696. The van der Waals surface area contributed by atoms with Gasteiger partial charge in [0.2, 0.25) is 0 Å². The number of alkyl halides is 1. The van der Waals surface area contributed by atoms with Crippen molar-refractivity contribution in [1.82, 2.24) is 9.55 Å². The molecule has 0 saturated carbocycles. The van der Waals surface area contributed by atoms with Gasteiger partial charge in [-0.3, -0.25) is 4.57 Å². The van der Waals surface area contributed by atoms with Gasteiger partial charge in [0, 0.05) is 6.20 Å². The summed E-state index contributed by atoms with van der Waals surface area (Å²) in [5.74, 6) is 0.0247. The Bertz CT molecular complexity index is 556. The van der Waals surface area contributed by atoms with Crippen molar-refractivity contribution >= 4 is 5.82 Å². The molecule has 8 heteroatoms. The third kappa shape index (κ3) is 2.00. The molecule has 1 aliphatic heterocycles. The molecule has 1 aliphatic rings. The highest BCUT2D eigenvalue weighted by Crippen LogP contribution is 2.45. The average Bonchev–Trinajstić information content (AvgIpc) is 2.60.